The molecule has 98 valence electrons. The highest BCUT2D eigenvalue weighted by Gasteiger charge is 2.06. The average molecular weight is 246 g/mol. The number of hydrogen-bond donors (Lipinski definition) is 1. The number of hydrogen-bond acceptors (Lipinski definition) is 2. The van der Waals surface area contributed by atoms with Gasteiger partial charge in [-0.15, -0.1) is 0 Å². The van der Waals surface area contributed by atoms with E-state index in [2.05, 4.69) is 41.6 Å². The molecule has 0 fully saturated rings. The summed E-state index contributed by atoms with van der Waals surface area (Å²) in [7, 11) is 0. The van der Waals surface area contributed by atoms with Crippen LogP contribution in [0.3, 0.4) is 0 Å². The van der Waals surface area contributed by atoms with E-state index < -0.39 is 0 Å². The summed E-state index contributed by atoms with van der Waals surface area (Å²) in [6, 6.07) is 8.22. The van der Waals surface area contributed by atoms with Crippen molar-refractivity contribution in [3.63, 3.8) is 0 Å². The van der Waals surface area contributed by atoms with E-state index in [4.69, 9.17) is 0 Å². The van der Waals surface area contributed by atoms with Crippen LogP contribution in [-0.4, -0.2) is 34.2 Å². The van der Waals surface area contributed by atoms with Crippen LogP contribution in [0.4, 0.5) is 0 Å². The second kappa shape index (κ2) is 6.03. The largest absolute Gasteiger partial charge is 0.392 e. The Hall–Kier alpha value is -1.32. The maximum Gasteiger partial charge on any atom is 0.0702 e. The Morgan fingerprint density at radius 1 is 1.17 bits per heavy atom. The lowest BCUT2D eigenvalue weighted by molar-refractivity contribution is 0.281. The number of aliphatic hydroxyl groups is 1. The number of aromatic nitrogens is 1. The van der Waals surface area contributed by atoms with Crippen molar-refractivity contribution in [2.24, 2.45) is 0 Å². The van der Waals surface area contributed by atoms with E-state index in [0.717, 1.165) is 31.7 Å². The van der Waals surface area contributed by atoms with Crippen molar-refractivity contribution in [2.75, 3.05) is 19.6 Å². The second-order valence-corrected chi connectivity index (χ2v) is 4.55. The lowest BCUT2D eigenvalue weighted by atomic mass is 10.1. The lowest BCUT2D eigenvalue weighted by Gasteiger charge is -2.19. The molecule has 0 aliphatic heterocycles. The molecule has 1 N–H and O–H groups in total. The van der Waals surface area contributed by atoms with Crippen LogP contribution < -0.4 is 0 Å². The van der Waals surface area contributed by atoms with Crippen LogP contribution in [0.25, 0.3) is 10.9 Å². The van der Waals surface area contributed by atoms with Crippen molar-refractivity contribution in [3.05, 3.63) is 36.0 Å². The molecule has 18 heavy (non-hydrogen) atoms. The monoisotopic (exact) mass is 246 g/mol. The third kappa shape index (κ3) is 2.57. The quantitative estimate of drug-likeness (QED) is 0.848. The van der Waals surface area contributed by atoms with Gasteiger partial charge >= 0.3 is 0 Å². The summed E-state index contributed by atoms with van der Waals surface area (Å²) in [5, 5.41) is 10.6. The molecule has 0 amide bonds. The van der Waals surface area contributed by atoms with Crippen molar-refractivity contribution in [3.8, 4) is 0 Å². The van der Waals surface area contributed by atoms with Gasteiger partial charge in [-0.2, -0.15) is 0 Å². The fourth-order valence-corrected chi connectivity index (χ4v) is 2.44. The van der Waals surface area contributed by atoms with Crippen molar-refractivity contribution in [1.29, 1.82) is 0 Å². The molecule has 0 saturated heterocycles. The highest BCUT2D eigenvalue weighted by Crippen LogP contribution is 2.20. The minimum atomic E-state index is 0.104. The maximum atomic E-state index is 9.42. The molecule has 0 aliphatic rings. The van der Waals surface area contributed by atoms with Gasteiger partial charge in [0.05, 0.1) is 12.1 Å². The van der Waals surface area contributed by atoms with E-state index in [1.807, 2.05) is 12.1 Å². The minimum Gasteiger partial charge on any atom is -0.392 e. The van der Waals surface area contributed by atoms with Gasteiger partial charge in [0.25, 0.3) is 0 Å². The van der Waals surface area contributed by atoms with Crippen LogP contribution in [0.2, 0.25) is 0 Å². The Labute approximate surface area is 109 Å². The van der Waals surface area contributed by atoms with E-state index >= 15 is 0 Å². The average Bonchev–Trinajstić information content (AvgIpc) is 2.83. The predicted molar refractivity (Wildman–Crippen MR) is 75.6 cm³/mol. The summed E-state index contributed by atoms with van der Waals surface area (Å²) in [5.41, 5.74) is 2.18. The van der Waals surface area contributed by atoms with Crippen LogP contribution in [0.5, 0.6) is 0 Å². The van der Waals surface area contributed by atoms with Gasteiger partial charge in [-0.1, -0.05) is 32.0 Å². The van der Waals surface area contributed by atoms with E-state index in [1.165, 1.54) is 10.9 Å². The van der Waals surface area contributed by atoms with Crippen molar-refractivity contribution in [1.82, 2.24) is 9.47 Å². The second-order valence-electron chi connectivity index (χ2n) is 4.55. The normalized spacial score (nSPS) is 11.6. The van der Waals surface area contributed by atoms with Crippen molar-refractivity contribution < 1.29 is 5.11 Å². The molecule has 1 heterocycles. The number of rotatable bonds is 6. The summed E-state index contributed by atoms with van der Waals surface area (Å²) in [4.78, 5) is 2.41. The van der Waals surface area contributed by atoms with Crippen LogP contribution in [0, 0.1) is 0 Å². The fraction of sp³-hybridized carbons (Fsp3) is 0.467. The number of aliphatic hydroxyl groups excluding tert-OH is 1. The topological polar surface area (TPSA) is 28.4 Å². The zero-order chi connectivity index (χ0) is 13.0. The summed E-state index contributed by atoms with van der Waals surface area (Å²) in [6.45, 7) is 8.68. The number of fused-ring (bicyclic) bond motifs is 1. The molecule has 3 heteroatoms. The molecule has 0 bridgehead atoms. The Kier molecular flexibility index (Phi) is 4.39. The van der Waals surface area contributed by atoms with Crippen LogP contribution >= 0.6 is 0 Å². The first-order valence-electron chi connectivity index (χ1n) is 6.70. The van der Waals surface area contributed by atoms with Gasteiger partial charge in [-0.25, -0.2) is 0 Å². The molecule has 1 aromatic carbocycles. The minimum absolute atomic E-state index is 0.104. The van der Waals surface area contributed by atoms with Crippen molar-refractivity contribution >= 4 is 10.9 Å². The molecule has 2 aromatic rings. The van der Waals surface area contributed by atoms with Gasteiger partial charge in [0, 0.05) is 24.8 Å². The summed E-state index contributed by atoms with van der Waals surface area (Å²) in [5.74, 6) is 0. The standard InChI is InChI=1S/C15H22N2O/c1-3-16(4-2)10-11-17-9-8-13-6-5-7-14(12-18)15(13)17/h5-9,18H,3-4,10-12H2,1-2H3. The molecule has 3 nitrogen and oxygen atoms in total. The predicted octanol–water partition coefficient (Wildman–Crippen LogP) is 2.48. The smallest absolute Gasteiger partial charge is 0.0702 e. The maximum absolute atomic E-state index is 9.42. The molecule has 0 saturated carbocycles. The highest BCUT2D eigenvalue weighted by molar-refractivity contribution is 5.83. The SMILES string of the molecule is CCN(CC)CCn1ccc2cccc(CO)c21. The van der Waals surface area contributed by atoms with Crippen molar-refractivity contribution in [2.45, 2.75) is 27.0 Å². The molecule has 0 aliphatic carbocycles. The molecule has 2 rings (SSSR count). The van der Waals surface area contributed by atoms with Gasteiger partial charge in [0.2, 0.25) is 0 Å². The van der Waals surface area contributed by atoms with E-state index in [9.17, 15) is 5.11 Å². The molecule has 0 radical (unpaired) electrons. The first-order chi connectivity index (χ1) is 8.80. The Balaban J connectivity index is 2.23. The van der Waals surface area contributed by atoms with Crippen LogP contribution in [0.15, 0.2) is 30.5 Å². The molecular weight excluding hydrogens is 224 g/mol. The number of para-hydroxylation sites is 1. The summed E-state index contributed by atoms with van der Waals surface area (Å²) >= 11 is 0. The van der Waals surface area contributed by atoms with Gasteiger partial charge in [-0.05, 0) is 24.5 Å². The zero-order valence-electron chi connectivity index (χ0n) is 11.3. The summed E-state index contributed by atoms with van der Waals surface area (Å²) < 4.78 is 2.25. The van der Waals surface area contributed by atoms with Gasteiger partial charge in [0.15, 0.2) is 0 Å². The number of likely N-dealkylation sites (N-methyl/N-ethyl adjacent to an activating group) is 1. The third-order valence-electron chi connectivity index (χ3n) is 3.59. The molecule has 0 spiro atoms. The zero-order valence-corrected chi connectivity index (χ0v) is 11.3. The van der Waals surface area contributed by atoms with E-state index in [-0.39, 0.29) is 6.61 Å². The Bertz CT molecular complexity index is 500. The molecule has 0 atom stereocenters. The lowest BCUT2D eigenvalue weighted by Crippen LogP contribution is -2.26. The molecule has 0 unspecified atom stereocenters. The fourth-order valence-electron chi connectivity index (χ4n) is 2.44. The van der Waals surface area contributed by atoms with Crippen LogP contribution in [0.1, 0.15) is 19.4 Å². The van der Waals surface area contributed by atoms with E-state index in [1.54, 1.807) is 0 Å². The first-order valence-corrected chi connectivity index (χ1v) is 6.70. The molecular formula is C15H22N2O. The highest BCUT2D eigenvalue weighted by atomic mass is 16.3. The Morgan fingerprint density at radius 3 is 2.61 bits per heavy atom. The third-order valence-corrected chi connectivity index (χ3v) is 3.59. The Morgan fingerprint density at radius 2 is 1.94 bits per heavy atom. The van der Waals surface area contributed by atoms with Gasteiger partial charge in [-0.3, -0.25) is 0 Å². The number of benzene rings is 1. The summed E-state index contributed by atoms with van der Waals surface area (Å²) in [6.07, 6.45) is 2.12. The van der Waals surface area contributed by atoms with Crippen LogP contribution in [-0.2, 0) is 13.2 Å². The van der Waals surface area contributed by atoms with Gasteiger partial charge < -0.3 is 14.6 Å². The first kappa shape index (κ1) is 13.1. The van der Waals surface area contributed by atoms with E-state index in [0.29, 0.717) is 0 Å². The van der Waals surface area contributed by atoms with Gasteiger partial charge in [0.1, 0.15) is 0 Å². The molecule has 1 aromatic heterocycles. The number of nitrogens with zero attached hydrogens (tertiary/aromatic N) is 2.